The highest BCUT2D eigenvalue weighted by Crippen LogP contribution is 2.33. The van der Waals surface area contributed by atoms with E-state index in [0.29, 0.717) is 0 Å². The Morgan fingerprint density at radius 2 is 1.95 bits per heavy atom. The van der Waals surface area contributed by atoms with Crippen LogP contribution in [0, 0.1) is 6.92 Å². The van der Waals surface area contributed by atoms with E-state index in [-0.39, 0.29) is 10.9 Å². The van der Waals surface area contributed by atoms with Gasteiger partial charge in [-0.05, 0) is 19.1 Å². The molecule has 0 fully saturated rings. The maximum absolute atomic E-state index is 12.8. The van der Waals surface area contributed by atoms with Crippen molar-refractivity contribution in [3.63, 3.8) is 0 Å². The fourth-order valence-corrected chi connectivity index (χ4v) is 1.85. The number of methoxy groups -OCH3 is 1. The van der Waals surface area contributed by atoms with E-state index in [0.717, 1.165) is 14.0 Å². The van der Waals surface area contributed by atoms with Crippen LogP contribution in [-0.2, 0) is 10.9 Å². The molecule has 0 N–H and O–H groups in total. The third-order valence-electron chi connectivity index (χ3n) is 2.81. The van der Waals surface area contributed by atoms with Crippen LogP contribution in [-0.4, -0.2) is 13.1 Å². The van der Waals surface area contributed by atoms with Crippen molar-refractivity contribution in [2.45, 2.75) is 13.1 Å². The number of hydrogen-bond acceptors (Lipinski definition) is 4. The van der Waals surface area contributed by atoms with E-state index in [4.69, 9.17) is 4.42 Å². The molecular formula is C13H9F3O4. The summed E-state index contributed by atoms with van der Waals surface area (Å²) >= 11 is 0. The van der Waals surface area contributed by atoms with Gasteiger partial charge in [-0.1, -0.05) is 6.07 Å². The number of benzene rings is 1. The fraction of sp³-hybridized carbons (Fsp3) is 0.231. The van der Waals surface area contributed by atoms with Gasteiger partial charge in [0.2, 0.25) is 5.76 Å². The first-order valence-electron chi connectivity index (χ1n) is 5.49. The number of alkyl halides is 3. The van der Waals surface area contributed by atoms with Gasteiger partial charge in [0.05, 0.1) is 12.5 Å². The van der Waals surface area contributed by atoms with Gasteiger partial charge in [0, 0.05) is 5.56 Å². The number of ether oxygens (including phenoxy) is 1. The summed E-state index contributed by atoms with van der Waals surface area (Å²) in [6.45, 7) is 1.03. The number of carbonyl (C=O) groups is 1. The minimum absolute atomic E-state index is 0.0987. The molecule has 1 aromatic heterocycles. The summed E-state index contributed by atoms with van der Waals surface area (Å²) in [7, 11) is 1.08. The normalized spacial score (nSPS) is 11.7. The zero-order valence-corrected chi connectivity index (χ0v) is 10.5. The molecule has 20 heavy (non-hydrogen) atoms. The fourth-order valence-electron chi connectivity index (χ4n) is 1.85. The van der Waals surface area contributed by atoms with Gasteiger partial charge in [-0.15, -0.1) is 0 Å². The maximum Gasteiger partial charge on any atom is 0.449 e. The summed E-state index contributed by atoms with van der Waals surface area (Å²) in [5.41, 5.74) is -2.04. The van der Waals surface area contributed by atoms with Crippen molar-refractivity contribution < 1.29 is 27.1 Å². The molecule has 0 saturated carbocycles. The van der Waals surface area contributed by atoms with Gasteiger partial charge in [-0.25, -0.2) is 4.79 Å². The second-order valence-electron chi connectivity index (χ2n) is 4.06. The predicted molar refractivity (Wildman–Crippen MR) is 63.6 cm³/mol. The zero-order valence-electron chi connectivity index (χ0n) is 10.5. The topological polar surface area (TPSA) is 56.5 Å². The van der Waals surface area contributed by atoms with Crippen molar-refractivity contribution in [1.82, 2.24) is 0 Å². The molecule has 0 aliphatic heterocycles. The summed E-state index contributed by atoms with van der Waals surface area (Å²) in [5, 5.41) is -0.0987. The second kappa shape index (κ2) is 4.66. The van der Waals surface area contributed by atoms with E-state index >= 15 is 0 Å². The highest BCUT2D eigenvalue weighted by Gasteiger charge is 2.38. The zero-order chi connectivity index (χ0) is 15.1. The van der Waals surface area contributed by atoms with Crippen LogP contribution < -0.4 is 5.43 Å². The lowest BCUT2D eigenvalue weighted by atomic mass is 10.1. The first-order valence-corrected chi connectivity index (χ1v) is 5.49. The monoisotopic (exact) mass is 286 g/mol. The summed E-state index contributed by atoms with van der Waals surface area (Å²) < 4.78 is 47.7. The maximum atomic E-state index is 12.8. The van der Waals surface area contributed by atoms with E-state index in [1.54, 1.807) is 0 Å². The van der Waals surface area contributed by atoms with Gasteiger partial charge in [-0.2, -0.15) is 13.2 Å². The first kappa shape index (κ1) is 14.1. The van der Waals surface area contributed by atoms with Crippen LogP contribution in [0.5, 0.6) is 0 Å². The highest BCUT2D eigenvalue weighted by atomic mass is 19.4. The van der Waals surface area contributed by atoms with Gasteiger partial charge in [0.1, 0.15) is 5.56 Å². The summed E-state index contributed by atoms with van der Waals surface area (Å²) in [4.78, 5) is 23.5. The molecule has 2 aromatic rings. The van der Waals surface area contributed by atoms with Gasteiger partial charge in [-0.3, -0.25) is 4.79 Å². The Balaban J connectivity index is 2.93. The smallest absolute Gasteiger partial charge is 0.449 e. The van der Waals surface area contributed by atoms with Crippen LogP contribution in [0.4, 0.5) is 13.2 Å². The molecule has 106 valence electrons. The van der Waals surface area contributed by atoms with E-state index in [9.17, 15) is 22.8 Å². The van der Waals surface area contributed by atoms with E-state index in [2.05, 4.69) is 4.74 Å². The SMILES string of the molecule is COC(=O)c1cccc2c(=O)c(C)c(C(F)(F)F)oc12. The summed E-state index contributed by atoms with van der Waals surface area (Å²) in [6.07, 6.45) is -4.82. The number of halogens is 3. The molecule has 4 nitrogen and oxygen atoms in total. The number of para-hydroxylation sites is 1. The van der Waals surface area contributed by atoms with E-state index in [1.165, 1.54) is 18.2 Å². The quantitative estimate of drug-likeness (QED) is 0.756. The summed E-state index contributed by atoms with van der Waals surface area (Å²) in [6, 6.07) is 3.89. The van der Waals surface area contributed by atoms with Crippen LogP contribution in [0.2, 0.25) is 0 Å². The second-order valence-corrected chi connectivity index (χ2v) is 4.06. The first-order chi connectivity index (χ1) is 9.27. The van der Waals surface area contributed by atoms with Crippen molar-refractivity contribution in [1.29, 1.82) is 0 Å². The third-order valence-corrected chi connectivity index (χ3v) is 2.81. The molecule has 1 heterocycles. The minimum Gasteiger partial charge on any atom is -0.465 e. The lowest BCUT2D eigenvalue weighted by Crippen LogP contribution is -2.17. The average molecular weight is 286 g/mol. The molecule has 7 heteroatoms. The van der Waals surface area contributed by atoms with E-state index < -0.39 is 34.5 Å². The Labute approximate surface area is 110 Å². The Morgan fingerprint density at radius 3 is 2.50 bits per heavy atom. The number of esters is 1. The van der Waals surface area contributed by atoms with E-state index in [1.807, 2.05) is 0 Å². The lowest BCUT2D eigenvalue weighted by Gasteiger charge is -2.11. The largest absolute Gasteiger partial charge is 0.465 e. The Bertz CT molecular complexity index is 744. The minimum atomic E-state index is -4.82. The van der Waals surface area contributed by atoms with Crippen molar-refractivity contribution in [3.8, 4) is 0 Å². The molecule has 0 atom stereocenters. The van der Waals surface area contributed by atoms with Crippen LogP contribution in [0.15, 0.2) is 27.4 Å². The Kier molecular flexibility index (Phi) is 3.29. The molecule has 1 aromatic carbocycles. The molecule has 0 spiro atoms. The van der Waals surface area contributed by atoms with Crippen molar-refractivity contribution in [2.75, 3.05) is 7.11 Å². The van der Waals surface area contributed by atoms with Gasteiger partial charge in [0.25, 0.3) is 0 Å². The molecule has 2 rings (SSSR count). The summed E-state index contributed by atoms with van der Waals surface area (Å²) in [5.74, 6) is -2.29. The van der Waals surface area contributed by atoms with Crippen LogP contribution in [0.1, 0.15) is 21.7 Å². The van der Waals surface area contributed by atoms with Crippen molar-refractivity contribution >= 4 is 16.9 Å². The lowest BCUT2D eigenvalue weighted by molar-refractivity contribution is -0.153. The van der Waals surface area contributed by atoms with Gasteiger partial charge in [0.15, 0.2) is 11.0 Å². The molecule has 0 saturated heterocycles. The molecule has 0 amide bonds. The Hall–Kier alpha value is -2.31. The Morgan fingerprint density at radius 1 is 1.30 bits per heavy atom. The van der Waals surface area contributed by atoms with Crippen LogP contribution in [0.25, 0.3) is 11.0 Å². The number of fused-ring (bicyclic) bond motifs is 1. The molecular weight excluding hydrogens is 277 g/mol. The molecule has 0 aliphatic rings. The molecule has 0 bridgehead atoms. The molecule has 0 radical (unpaired) electrons. The van der Waals surface area contributed by atoms with Crippen molar-refractivity contribution in [2.24, 2.45) is 0 Å². The number of rotatable bonds is 1. The predicted octanol–water partition coefficient (Wildman–Crippen LogP) is 2.91. The van der Waals surface area contributed by atoms with Crippen LogP contribution in [0.3, 0.4) is 0 Å². The molecule has 0 aliphatic carbocycles. The van der Waals surface area contributed by atoms with Gasteiger partial charge < -0.3 is 9.15 Å². The highest BCUT2D eigenvalue weighted by molar-refractivity contribution is 6.01. The van der Waals surface area contributed by atoms with Crippen LogP contribution >= 0.6 is 0 Å². The number of hydrogen-bond donors (Lipinski definition) is 0. The average Bonchev–Trinajstić information content (AvgIpc) is 2.40. The number of carbonyl (C=O) groups excluding carboxylic acids is 1. The van der Waals surface area contributed by atoms with Crippen molar-refractivity contribution in [3.05, 3.63) is 45.3 Å². The molecule has 0 unspecified atom stereocenters. The standard InChI is InChI=1S/C13H9F3O4/c1-6-9(17)7-4-3-5-8(12(18)19-2)10(7)20-11(6)13(14,15)16/h3-5H,1-2H3. The van der Waals surface area contributed by atoms with Gasteiger partial charge >= 0.3 is 12.1 Å². The third kappa shape index (κ3) is 2.15.